The number of nitrogens with zero attached hydrogens (tertiary/aromatic N) is 2. The van der Waals surface area contributed by atoms with Crippen LogP contribution in [0.1, 0.15) is 43.2 Å². The summed E-state index contributed by atoms with van der Waals surface area (Å²) in [4.78, 5) is 15.1. The average molecular weight is 292 g/mol. The number of amides is 1. The Bertz CT molecular complexity index is 551. The Morgan fingerprint density at radius 2 is 2.25 bits per heavy atom. The zero-order valence-electron chi connectivity index (χ0n) is 12.4. The predicted molar refractivity (Wildman–Crippen MR) is 78.8 cm³/mol. The number of hydrogen-bond acceptors (Lipinski definition) is 4. The Kier molecular flexibility index (Phi) is 4.05. The summed E-state index contributed by atoms with van der Waals surface area (Å²) in [5, 5.41) is 11.0. The molecule has 0 aliphatic heterocycles. The molecule has 1 unspecified atom stereocenters. The molecule has 1 heterocycles. The van der Waals surface area contributed by atoms with E-state index < -0.39 is 5.60 Å². The highest BCUT2D eigenvalue weighted by Crippen LogP contribution is 2.31. The second kappa shape index (κ2) is 5.45. The molecule has 0 N–H and O–H groups in total. The van der Waals surface area contributed by atoms with E-state index in [1.54, 1.807) is 23.3 Å². The molecule has 0 aromatic carbocycles. The van der Waals surface area contributed by atoms with Crippen LogP contribution < -0.4 is 0 Å². The quantitative estimate of drug-likeness (QED) is 0.797. The third-order valence-corrected chi connectivity index (χ3v) is 4.56. The molecule has 1 aliphatic carbocycles. The van der Waals surface area contributed by atoms with Gasteiger partial charge in [0.25, 0.3) is 0 Å². The molecule has 0 radical (unpaired) electrons. The summed E-state index contributed by atoms with van der Waals surface area (Å²) in [6.07, 6.45) is 2.31. The summed E-state index contributed by atoms with van der Waals surface area (Å²) in [6, 6.07) is 2.35. The lowest BCUT2D eigenvalue weighted by Gasteiger charge is -2.33. The lowest BCUT2D eigenvalue weighted by Crippen LogP contribution is -2.43. The largest absolute Gasteiger partial charge is 0.444 e. The smallest absolute Gasteiger partial charge is 0.410 e. The van der Waals surface area contributed by atoms with E-state index in [1.807, 2.05) is 26.2 Å². The molecule has 1 aromatic rings. The van der Waals surface area contributed by atoms with E-state index in [0.717, 1.165) is 30.4 Å². The van der Waals surface area contributed by atoms with Crippen molar-refractivity contribution in [3.63, 3.8) is 0 Å². The fourth-order valence-corrected chi connectivity index (χ4v) is 3.43. The summed E-state index contributed by atoms with van der Waals surface area (Å²) >= 11 is 1.65. The lowest BCUT2D eigenvalue weighted by molar-refractivity contribution is 0.0210. The second-order valence-corrected chi connectivity index (χ2v) is 7.11. The minimum absolute atomic E-state index is 0.110. The van der Waals surface area contributed by atoms with Crippen LogP contribution in [-0.4, -0.2) is 29.7 Å². The number of carbonyl (C=O) groups is 1. The molecule has 20 heavy (non-hydrogen) atoms. The molecule has 0 saturated heterocycles. The van der Waals surface area contributed by atoms with E-state index in [2.05, 4.69) is 6.07 Å². The molecular weight excluding hydrogens is 272 g/mol. The van der Waals surface area contributed by atoms with Crippen molar-refractivity contribution in [1.82, 2.24) is 4.90 Å². The lowest BCUT2D eigenvalue weighted by atomic mass is 9.91. The van der Waals surface area contributed by atoms with Crippen LogP contribution in [0.3, 0.4) is 0 Å². The van der Waals surface area contributed by atoms with E-state index >= 15 is 0 Å². The van der Waals surface area contributed by atoms with Gasteiger partial charge in [-0.25, -0.2) is 4.79 Å². The summed E-state index contributed by atoms with van der Waals surface area (Å²) < 4.78 is 5.40. The summed E-state index contributed by atoms with van der Waals surface area (Å²) in [5.41, 5.74) is 1.39. The number of nitriles is 1. The highest BCUT2D eigenvalue weighted by Gasteiger charge is 2.30. The molecule has 0 spiro atoms. The molecular formula is C15H20N2O2S. The minimum atomic E-state index is -0.481. The zero-order valence-corrected chi connectivity index (χ0v) is 13.2. The first-order valence-electron chi connectivity index (χ1n) is 6.77. The average Bonchev–Trinajstić information content (AvgIpc) is 2.77. The van der Waals surface area contributed by atoms with Gasteiger partial charge in [0, 0.05) is 23.3 Å². The van der Waals surface area contributed by atoms with Crippen LogP contribution in [0.4, 0.5) is 4.79 Å². The van der Waals surface area contributed by atoms with Gasteiger partial charge in [0.15, 0.2) is 0 Å². The highest BCUT2D eigenvalue weighted by atomic mass is 32.1. The third-order valence-electron chi connectivity index (χ3n) is 3.47. The fourth-order valence-electron chi connectivity index (χ4n) is 2.40. The molecule has 2 rings (SSSR count). The Labute approximate surface area is 124 Å². The number of hydrogen-bond donors (Lipinski definition) is 0. The van der Waals surface area contributed by atoms with Gasteiger partial charge < -0.3 is 9.64 Å². The van der Waals surface area contributed by atoms with E-state index in [9.17, 15) is 4.79 Å². The molecule has 1 atom stereocenters. The van der Waals surface area contributed by atoms with Crippen molar-refractivity contribution < 1.29 is 9.53 Å². The monoisotopic (exact) mass is 292 g/mol. The van der Waals surface area contributed by atoms with Gasteiger partial charge in [-0.05, 0) is 45.6 Å². The number of fused-ring (bicyclic) bond motifs is 1. The van der Waals surface area contributed by atoms with E-state index in [0.29, 0.717) is 0 Å². The minimum Gasteiger partial charge on any atom is -0.444 e. The predicted octanol–water partition coefficient (Wildman–Crippen LogP) is 3.34. The van der Waals surface area contributed by atoms with Gasteiger partial charge >= 0.3 is 6.09 Å². The van der Waals surface area contributed by atoms with Gasteiger partial charge in [0.2, 0.25) is 0 Å². The Morgan fingerprint density at radius 1 is 1.55 bits per heavy atom. The maximum atomic E-state index is 12.1. The molecule has 1 amide bonds. The standard InChI is InChI=1S/C15H20N2O2S/c1-15(2,3)19-14(18)17(4)11-5-6-13-12(7-11)10(8-16)9-20-13/h9,11H,5-7H2,1-4H3. The number of carbonyl (C=O) groups excluding carboxylic acids is 1. The topological polar surface area (TPSA) is 53.3 Å². The van der Waals surface area contributed by atoms with Gasteiger partial charge in [-0.3, -0.25) is 0 Å². The number of ether oxygens (including phenoxy) is 1. The molecule has 0 saturated carbocycles. The Hall–Kier alpha value is -1.54. The zero-order chi connectivity index (χ0) is 14.9. The van der Waals surface area contributed by atoms with Crippen LogP contribution in [0, 0.1) is 11.3 Å². The third kappa shape index (κ3) is 3.13. The molecule has 0 fully saturated rings. The fraction of sp³-hybridized carbons (Fsp3) is 0.600. The first-order valence-corrected chi connectivity index (χ1v) is 7.65. The molecule has 1 aliphatic rings. The number of thiophene rings is 1. The van der Waals surface area contributed by atoms with Crippen LogP contribution in [0.5, 0.6) is 0 Å². The molecule has 5 heteroatoms. The van der Waals surface area contributed by atoms with Gasteiger partial charge in [-0.15, -0.1) is 11.3 Å². The van der Waals surface area contributed by atoms with Gasteiger partial charge in [0.1, 0.15) is 11.7 Å². The van der Waals surface area contributed by atoms with E-state index in [1.165, 1.54) is 4.88 Å². The van der Waals surface area contributed by atoms with Crippen molar-refractivity contribution in [2.75, 3.05) is 7.05 Å². The van der Waals surface area contributed by atoms with Crippen molar-refractivity contribution in [2.45, 2.75) is 51.7 Å². The molecule has 0 bridgehead atoms. The summed E-state index contributed by atoms with van der Waals surface area (Å²) in [6.45, 7) is 5.60. The van der Waals surface area contributed by atoms with Crippen LogP contribution in [0.15, 0.2) is 5.38 Å². The number of aryl methyl sites for hydroxylation is 1. The second-order valence-electron chi connectivity index (χ2n) is 6.15. The van der Waals surface area contributed by atoms with Crippen molar-refractivity contribution in [2.24, 2.45) is 0 Å². The molecule has 108 valence electrons. The van der Waals surface area contributed by atoms with Crippen molar-refractivity contribution >= 4 is 17.4 Å². The first-order chi connectivity index (χ1) is 9.31. The van der Waals surface area contributed by atoms with E-state index in [-0.39, 0.29) is 12.1 Å². The van der Waals surface area contributed by atoms with Crippen molar-refractivity contribution in [3.05, 3.63) is 21.4 Å². The molecule has 1 aromatic heterocycles. The van der Waals surface area contributed by atoms with Crippen molar-refractivity contribution in [1.29, 1.82) is 5.26 Å². The van der Waals surface area contributed by atoms with Gasteiger partial charge in [-0.2, -0.15) is 5.26 Å². The van der Waals surface area contributed by atoms with Crippen LogP contribution >= 0.6 is 11.3 Å². The van der Waals surface area contributed by atoms with Crippen LogP contribution in [0.25, 0.3) is 0 Å². The van der Waals surface area contributed by atoms with Gasteiger partial charge in [0.05, 0.1) is 5.56 Å². The summed E-state index contributed by atoms with van der Waals surface area (Å²) in [7, 11) is 1.78. The van der Waals surface area contributed by atoms with Crippen molar-refractivity contribution in [3.8, 4) is 6.07 Å². The Morgan fingerprint density at radius 3 is 2.85 bits per heavy atom. The van der Waals surface area contributed by atoms with Crippen LogP contribution in [0.2, 0.25) is 0 Å². The van der Waals surface area contributed by atoms with E-state index in [4.69, 9.17) is 10.00 Å². The first kappa shape index (κ1) is 14.9. The molecule has 4 nitrogen and oxygen atoms in total. The van der Waals surface area contributed by atoms with Gasteiger partial charge in [-0.1, -0.05) is 0 Å². The normalized spacial score (nSPS) is 18.1. The number of rotatable bonds is 1. The number of likely N-dealkylation sites (N-methyl/N-ethyl adjacent to an activating group) is 1. The Balaban J connectivity index is 2.09. The summed E-state index contributed by atoms with van der Waals surface area (Å²) in [5.74, 6) is 0. The van der Waals surface area contributed by atoms with Crippen LogP contribution in [-0.2, 0) is 17.6 Å². The maximum Gasteiger partial charge on any atom is 0.410 e. The maximum absolute atomic E-state index is 12.1. The highest BCUT2D eigenvalue weighted by molar-refractivity contribution is 7.10. The SMILES string of the molecule is CN(C(=O)OC(C)(C)C)C1CCc2scc(C#N)c2C1.